The minimum atomic E-state index is -0.486. The number of ether oxygens (including phenoxy) is 1. The van der Waals surface area contributed by atoms with Crippen molar-refractivity contribution in [1.82, 2.24) is 0 Å². The lowest BCUT2D eigenvalue weighted by atomic mass is 10.1. The standard InChI is InChI=1S/C23H23NO3/c1-4-24(21-11-7-9-18-8-5-6-10-20(18)21)22(25)15-27-23(26)19-13-12-16(2)17(3)14-19/h5-14H,4,15H2,1-3H3. The van der Waals surface area contributed by atoms with Crippen molar-refractivity contribution < 1.29 is 14.3 Å². The second-order valence-corrected chi connectivity index (χ2v) is 6.51. The molecule has 3 aromatic carbocycles. The van der Waals surface area contributed by atoms with Crippen molar-refractivity contribution in [1.29, 1.82) is 0 Å². The predicted octanol–water partition coefficient (Wildman–Crippen LogP) is 4.67. The fraction of sp³-hybridized carbons (Fsp3) is 0.217. The van der Waals surface area contributed by atoms with Gasteiger partial charge < -0.3 is 9.64 Å². The number of fused-ring (bicyclic) bond motifs is 1. The molecule has 0 radical (unpaired) electrons. The number of amides is 1. The van der Waals surface area contributed by atoms with Gasteiger partial charge in [-0.25, -0.2) is 4.79 Å². The molecule has 0 atom stereocenters. The second kappa shape index (κ2) is 8.04. The minimum Gasteiger partial charge on any atom is -0.452 e. The zero-order valence-electron chi connectivity index (χ0n) is 15.9. The largest absolute Gasteiger partial charge is 0.452 e. The Balaban J connectivity index is 1.75. The number of carbonyl (C=O) groups excluding carboxylic acids is 2. The first kappa shape index (κ1) is 18.6. The molecule has 1 amide bonds. The average molecular weight is 361 g/mol. The van der Waals surface area contributed by atoms with Crippen LogP contribution < -0.4 is 4.90 Å². The molecule has 4 nitrogen and oxygen atoms in total. The van der Waals surface area contributed by atoms with E-state index in [1.165, 1.54) is 0 Å². The summed E-state index contributed by atoms with van der Waals surface area (Å²) in [6.45, 7) is 6.04. The van der Waals surface area contributed by atoms with Crippen LogP contribution in [0, 0.1) is 13.8 Å². The smallest absolute Gasteiger partial charge is 0.338 e. The number of benzene rings is 3. The monoisotopic (exact) mass is 361 g/mol. The van der Waals surface area contributed by atoms with E-state index in [9.17, 15) is 9.59 Å². The van der Waals surface area contributed by atoms with Crippen molar-refractivity contribution in [3.05, 3.63) is 77.4 Å². The highest BCUT2D eigenvalue weighted by atomic mass is 16.5. The maximum atomic E-state index is 12.7. The fourth-order valence-corrected chi connectivity index (χ4v) is 3.08. The molecule has 0 aromatic heterocycles. The predicted molar refractivity (Wildman–Crippen MR) is 108 cm³/mol. The number of esters is 1. The molecule has 0 saturated heterocycles. The second-order valence-electron chi connectivity index (χ2n) is 6.51. The van der Waals surface area contributed by atoms with Crippen molar-refractivity contribution in [2.75, 3.05) is 18.1 Å². The molecule has 0 unspecified atom stereocenters. The number of rotatable bonds is 5. The molecular weight excluding hydrogens is 338 g/mol. The molecule has 0 N–H and O–H groups in total. The first-order valence-electron chi connectivity index (χ1n) is 9.03. The van der Waals surface area contributed by atoms with Crippen LogP contribution in [0.3, 0.4) is 0 Å². The average Bonchev–Trinajstić information content (AvgIpc) is 2.69. The van der Waals surface area contributed by atoms with Crippen LogP contribution in [0.4, 0.5) is 5.69 Å². The fourth-order valence-electron chi connectivity index (χ4n) is 3.08. The number of carbonyl (C=O) groups is 2. The van der Waals surface area contributed by atoms with Gasteiger partial charge in [0.05, 0.1) is 11.3 Å². The van der Waals surface area contributed by atoms with Crippen molar-refractivity contribution in [3.8, 4) is 0 Å². The first-order chi connectivity index (χ1) is 13.0. The normalized spacial score (nSPS) is 10.6. The number of anilines is 1. The van der Waals surface area contributed by atoms with Gasteiger partial charge in [-0.05, 0) is 55.5 Å². The Kier molecular flexibility index (Phi) is 5.55. The molecule has 4 heteroatoms. The molecule has 3 rings (SSSR count). The van der Waals surface area contributed by atoms with Gasteiger partial charge in [0.15, 0.2) is 6.61 Å². The van der Waals surface area contributed by atoms with E-state index in [0.717, 1.165) is 27.6 Å². The highest BCUT2D eigenvalue weighted by Gasteiger charge is 2.18. The van der Waals surface area contributed by atoms with Crippen LogP contribution in [0.25, 0.3) is 10.8 Å². The minimum absolute atomic E-state index is 0.244. The molecule has 0 saturated carbocycles. The molecule has 0 aliphatic heterocycles. The van der Waals surface area contributed by atoms with Gasteiger partial charge in [0.1, 0.15) is 0 Å². The Bertz CT molecular complexity index is 989. The molecule has 0 heterocycles. The van der Waals surface area contributed by atoms with Crippen LogP contribution in [0.5, 0.6) is 0 Å². The zero-order valence-corrected chi connectivity index (χ0v) is 15.9. The lowest BCUT2D eigenvalue weighted by Gasteiger charge is -2.22. The Morgan fingerprint density at radius 1 is 0.926 bits per heavy atom. The summed E-state index contributed by atoms with van der Waals surface area (Å²) in [6.07, 6.45) is 0. The van der Waals surface area contributed by atoms with Crippen LogP contribution in [0.2, 0.25) is 0 Å². The molecule has 0 aliphatic carbocycles. The third kappa shape index (κ3) is 4.00. The molecule has 27 heavy (non-hydrogen) atoms. The van der Waals surface area contributed by atoms with E-state index in [1.807, 2.05) is 69.3 Å². The number of nitrogens with zero attached hydrogens (tertiary/aromatic N) is 1. The molecule has 0 spiro atoms. The Morgan fingerprint density at radius 2 is 1.67 bits per heavy atom. The van der Waals surface area contributed by atoms with Crippen LogP contribution in [-0.2, 0) is 9.53 Å². The summed E-state index contributed by atoms with van der Waals surface area (Å²) < 4.78 is 5.27. The van der Waals surface area contributed by atoms with Crippen LogP contribution in [0.1, 0.15) is 28.4 Å². The number of hydrogen-bond donors (Lipinski definition) is 0. The molecule has 0 aliphatic rings. The van der Waals surface area contributed by atoms with Crippen LogP contribution in [-0.4, -0.2) is 25.0 Å². The van der Waals surface area contributed by atoms with E-state index in [2.05, 4.69) is 0 Å². The first-order valence-corrected chi connectivity index (χ1v) is 9.03. The van der Waals surface area contributed by atoms with Gasteiger partial charge in [-0.1, -0.05) is 42.5 Å². The van der Waals surface area contributed by atoms with Crippen LogP contribution in [0.15, 0.2) is 60.7 Å². The summed E-state index contributed by atoms with van der Waals surface area (Å²) in [5.41, 5.74) is 3.40. The van der Waals surface area contributed by atoms with Crippen LogP contribution >= 0.6 is 0 Å². The summed E-state index contributed by atoms with van der Waals surface area (Å²) in [4.78, 5) is 26.7. The van der Waals surface area contributed by atoms with Crippen molar-refractivity contribution in [2.24, 2.45) is 0 Å². The van der Waals surface area contributed by atoms with Gasteiger partial charge in [0, 0.05) is 11.9 Å². The third-order valence-electron chi connectivity index (χ3n) is 4.74. The molecule has 138 valence electrons. The molecule has 0 bridgehead atoms. The third-order valence-corrected chi connectivity index (χ3v) is 4.74. The number of aryl methyl sites for hydroxylation is 2. The maximum Gasteiger partial charge on any atom is 0.338 e. The van der Waals surface area contributed by atoms with Gasteiger partial charge in [-0.3, -0.25) is 4.79 Å². The molecule has 3 aromatic rings. The van der Waals surface area contributed by atoms with E-state index in [1.54, 1.807) is 17.0 Å². The van der Waals surface area contributed by atoms with Crippen molar-refractivity contribution >= 4 is 28.3 Å². The Labute approximate surface area is 159 Å². The number of likely N-dealkylation sites (N-methyl/N-ethyl adjacent to an activating group) is 1. The summed E-state index contributed by atoms with van der Waals surface area (Å²) >= 11 is 0. The number of hydrogen-bond acceptors (Lipinski definition) is 3. The highest BCUT2D eigenvalue weighted by molar-refractivity contribution is 6.04. The SMILES string of the molecule is CCN(C(=O)COC(=O)c1ccc(C)c(C)c1)c1cccc2ccccc12. The maximum absolute atomic E-state index is 12.7. The van der Waals surface area contributed by atoms with Gasteiger partial charge in [-0.15, -0.1) is 0 Å². The highest BCUT2D eigenvalue weighted by Crippen LogP contribution is 2.26. The van der Waals surface area contributed by atoms with E-state index in [4.69, 9.17) is 4.74 Å². The summed E-state index contributed by atoms with van der Waals surface area (Å²) in [5, 5.41) is 2.06. The summed E-state index contributed by atoms with van der Waals surface area (Å²) in [7, 11) is 0. The quantitative estimate of drug-likeness (QED) is 0.621. The lowest BCUT2D eigenvalue weighted by Crippen LogP contribution is -2.34. The molecule has 0 fully saturated rings. The summed E-state index contributed by atoms with van der Waals surface area (Å²) in [6, 6.07) is 19.1. The van der Waals surface area contributed by atoms with Crippen molar-refractivity contribution in [3.63, 3.8) is 0 Å². The summed E-state index contributed by atoms with van der Waals surface area (Å²) in [5.74, 6) is -0.730. The molecular formula is C23H23NO3. The Morgan fingerprint density at radius 3 is 2.41 bits per heavy atom. The van der Waals surface area contributed by atoms with E-state index >= 15 is 0 Å². The van der Waals surface area contributed by atoms with Gasteiger partial charge in [0.2, 0.25) is 0 Å². The van der Waals surface area contributed by atoms with E-state index < -0.39 is 5.97 Å². The van der Waals surface area contributed by atoms with E-state index in [-0.39, 0.29) is 12.5 Å². The van der Waals surface area contributed by atoms with Gasteiger partial charge in [0.25, 0.3) is 5.91 Å². The van der Waals surface area contributed by atoms with Gasteiger partial charge >= 0.3 is 5.97 Å². The Hall–Kier alpha value is -3.14. The zero-order chi connectivity index (χ0) is 19.4. The van der Waals surface area contributed by atoms with Gasteiger partial charge in [-0.2, -0.15) is 0 Å². The topological polar surface area (TPSA) is 46.6 Å². The van der Waals surface area contributed by atoms with Crippen molar-refractivity contribution in [2.45, 2.75) is 20.8 Å². The van der Waals surface area contributed by atoms with E-state index in [0.29, 0.717) is 12.1 Å². The lowest BCUT2D eigenvalue weighted by molar-refractivity contribution is -0.121.